The molecule has 4 atom stereocenters. The monoisotopic (exact) mass is 331 g/mol. The third-order valence-electron chi connectivity index (χ3n) is 4.30. The van der Waals surface area contributed by atoms with Gasteiger partial charge in [0.1, 0.15) is 4.90 Å². The molecule has 1 aliphatic carbocycles. The van der Waals surface area contributed by atoms with Crippen LogP contribution in [-0.2, 0) is 19.5 Å². The van der Waals surface area contributed by atoms with Crippen LogP contribution in [0.5, 0.6) is 0 Å². The highest BCUT2D eigenvalue weighted by Gasteiger charge is 2.55. The van der Waals surface area contributed by atoms with E-state index in [1.54, 1.807) is 25.3 Å². The zero-order valence-electron chi connectivity index (χ0n) is 11.7. The first-order valence-corrected chi connectivity index (χ1v) is 8.78. The van der Waals surface area contributed by atoms with Crippen molar-refractivity contribution in [3.8, 4) is 0 Å². The lowest BCUT2D eigenvalue weighted by molar-refractivity contribution is -0.0775. The van der Waals surface area contributed by atoms with Crippen LogP contribution in [0.2, 0.25) is 5.02 Å². The standard InChI is InChI=1S/C14H18ClNO4S/c1-19-8-10-13(9-6-7-20-14(9)10)16-21(17,18)12-5-3-2-4-11(12)15/h2-5,9-10,13-14,16H,6-8H2,1H3/t9-,10+,13+,14-/m1/s1. The normalized spacial score (nSPS) is 31.7. The average molecular weight is 332 g/mol. The topological polar surface area (TPSA) is 64.6 Å². The van der Waals surface area contributed by atoms with Crippen LogP contribution in [0, 0.1) is 11.8 Å². The van der Waals surface area contributed by atoms with Crippen molar-refractivity contribution in [3.63, 3.8) is 0 Å². The summed E-state index contributed by atoms with van der Waals surface area (Å²) in [4.78, 5) is 0.116. The zero-order valence-corrected chi connectivity index (χ0v) is 13.2. The van der Waals surface area contributed by atoms with E-state index in [2.05, 4.69) is 4.72 Å². The summed E-state index contributed by atoms with van der Waals surface area (Å²) in [6.45, 7) is 1.16. The molecule has 0 aromatic heterocycles. The van der Waals surface area contributed by atoms with E-state index in [0.29, 0.717) is 13.2 Å². The molecule has 1 heterocycles. The molecule has 1 saturated carbocycles. The Bertz CT molecular complexity index is 621. The molecule has 2 aliphatic rings. The summed E-state index contributed by atoms with van der Waals surface area (Å²) in [5, 5.41) is 0.229. The van der Waals surface area contributed by atoms with Crippen LogP contribution in [0.4, 0.5) is 0 Å². The van der Waals surface area contributed by atoms with Gasteiger partial charge in [-0.05, 0) is 18.6 Å². The van der Waals surface area contributed by atoms with Crippen molar-refractivity contribution in [1.29, 1.82) is 0 Å². The summed E-state index contributed by atoms with van der Waals surface area (Å²) in [6.07, 6.45) is 0.976. The molecule has 1 N–H and O–H groups in total. The molecule has 0 radical (unpaired) electrons. The Morgan fingerprint density at radius 1 is 1.43 bits per heavy atom. The highest BCUT2D eigenvalue weighted by atomic mass is 35.5. The number of rotatable bonds is 5. The van der Waals surface area contributed by atoms with Gasteiger partial charge in [-0.2, -0.15) is 0 Å². The van der Waals surface area contributed by atoms with Crippen LogP contribution in [0.1, 0.15) is 6.42 Å². The van der Waals surface area contributed by atoms with Crippen molar-refractivity contribution >= 4 is 21.6 Å². The van der Waals surface area contributed by atoms with Gasteiger partial charge in [-0.1, -0.05) is 23.7 Å². The highest BCUT2D eigenvalue weighted by Crippen LogP contribution is 2.44. The van der Waals surface area contributed by atoms with Crippen LogP contribution in [0.25, 0.3) is 0 Å². The number of hydrogen-bond acceptors (Lipinski definition) is 4. The Balaban J connectivity index is 1.80. The number of fused-ring (bicyclic) bond motifs is 1. The second-order valence-electron chi connectivity index (χ2n) is 5.48. The van der Waals surface area contributed by atoms with Crippen molar-refractivity contribution in [2.45, 2.75) is 23.5 Å². The molecular formula is C14H18ClNO4S. The zero-order chi connectivity index (χ0) is 15.0. The minimum absolute atomic E-state index is 0.0553. The van der Waals surface area contributed by atoms with E-state index in [-0.39, 0.29) is 33.9 Å². The van der Waals surface area contributed by atoms with Crippen molar-refractivity contribution < 1.29 is 17.9 Å². The minimum Gasteiger partial charge on any atom is -0.384 e. The van der Waals surface area contributed by atoms with E-state index in [1.807, 2.05) is 0 Å². The molecule has 0 bridgehead atoms. The number of sulfonamides is 1. The van der Waals surface area contributed by atoms with Crippen LogP contribution < -0.4 is 4.72 Å². The maximum absolute atomic E-state index is 12.5. The molecule has 1 aromatic rings. The van der Waals surface area contributed by atoms with Gasteiger partial charge < -0.3 is 9.47 Å². The number of hydrogen-bond donors (Lipinski definition) is 1. The number of methoxy groups -OCH3 is 1. The average Bonchev–Trinajstić information content (AvgIpc) is 2.87. The number of benzene rings is 1. The number of halogens is 1. The van der Waals surface area contributed by atoms with Gasteiger partial charge in [0.2, 0.25) is 10.0 Å². The second-order valence-corrected chi connectivity index (χ2v) is 7.57. The fourth-order valence-corrected chi connectivity index (χ4v) is 5.16. The second kappa shape index (κ2) is 5.85. The molecule has 3 rings (SSSR count). The van der Waals surface area contributed by atoms with E-state index >= 15 is 0 Å². The van der Waals surface area contributed by atoms with Gasteiger partial charge in [-0.15, -0.1) is 0 Å². The fourth-order valence-electron chi connectivity index (χ4n) is 3.30. The van der Waals surface area contributed by atoms with Gasteiger partial charge in [-0.25, -0.2) is 13.1 Å². The summed E-state index contributed by atoms with van der Waals surface area (Å²) in [5.41, 5.74) is 0. The van der Waals surface area contributed by atoms with E-state index in [9.17, 15) is 8.42 Å². The first kappa shape index (κ1) is 15.2. The molecule has 0 spiro atoms. The van der Waals surface area contributed by atoms with Crippen LogP contribution in [-0.4, -0.2) is 40.9 Å². The largest absolute Gasteiger partial charge is 0.384 e. The van der Waals surface area contributed by atoms with Crippen molar-refractivity contribution in [3.05, 3.63) is 29.3 Å². The summed E-state index contributed by atoms with van der Waals surface area (Å²) in [6, 6.07) is 6.30. The van der Waals surface area contributed by atoms with Crippen LogP contribution >= 0.6 is 11.6 Å². The maximum Gasteiger partial charge on any atom is 0.242 e. The predicted octanol–water partition coefficient (Wildman–Crippen LogP) is 1.67. The molecule has 116 valence electrons. The summed E-state index contributed by atoms with van der Waals surface area (Å²) < 4.78 is 38.7. The lowest BCUT2D eigenvalue weighted by atomic mass is 9.68. The smallest absolute Gasteiger partial charge is 0.242 e. The molecule has 5 nitrogen and oxygen atoms in total. The van der Waals surface area contributed by atoms with E-state index < -0.39 is 10.0 Å². The quantitative estimate of drug-likeness (QED) is 0.891. The molecule has 2 fully saturated rings. The first-order chi connectivity index (χ1) is 10.0. The number of nitrogens with one attached hydrogen (secondary N) is 1. The molecule has 1 aromatic carbocycles. The van der Waals surface area contributed by atoms with Crippen molar-refractivity contribution in [2.24, 2.45) is 11.8 Å². The number of ether oxygens (including phenoxy) is 2. The predicted molar refractivity (Wildman–Crippen MR) is 78.8 cm³/mol. The molecular weight excluding hydrogens is 314 g/mol. The van der Waals surface area contributed by atoms with Gasteiger partial charge in [0, 0.05) is 31.6 Å². The Morgan fingerprint density at radius 2 is 2.19 bits per heavy atom. The summed E-state index contributed by atoms with van der Waals surface area (Å²) in [7, 11) is -2.02. The van der Waals surface area contributed by atoms with Crippen molar-refractivity contribution in [2.75, 3.05) is 20.3 Å². The Kier molecular flexibility index (Phi) is 4.25. The van der Waals surface area contributed by atoms with Gasteiger partial charge in [0.05, 0.1) is 17.7 Å². The van der Waals surface area contributed by atoms with E-state index in [1.165, 1.54) is 6.07 Å². The van der Waals surface area contributed by atoms with E-state index in [4.69, 9.17) is 21.1 Å². The van der Waals surface area contributed by atoms with Crippen LogP contribution in [0.3, 0.4) is 0 Å². The fraction of sp³-hybridized carbons (Fsp3) is 0.571. The SMILES string of the molecule is COC[C@H]1[C@@H](NS(=O)(=O)c2ccccc2Cl)[C@H]2CCO[C@H]21. The highest BCUT2D eigenvalue weighted by molar-refractivity contribution is 7.89. The third kappa shape index (κ3) is 2.71. The summed E-state index contributed by atoms with van der Waals surface area (Å²) in [5.74, 6) is 0.280. The van der Waals surface area contributed by atoms with Crippen LogP contribution in [0.15, 0.2) is 29.2 Å². The molecule has 0 unspecified atom stereocenters. The molecule has 1 saturated heterocycles. The van der Waals surface area contributed by atoms with Gasteiger partial charge >= 0.3 is 0 Å². The van der Waals surface area contributed by atoms with Gasteiger partial charge in [0.15, 0.2) is 0 Å². The maximum atomic E-state index is 12.5. The Labute approximate surface area is 129 Å². The van der Waals surface area contributed by atoms with Gasteiger partial charge in [-0.3, -0.25) is 0 Å². The van der Waals surface area contributed by atoms with E-state index in [0.717, 1.165) is 6.42 Å². The van der Waals surface area contributed by atoms with Crippen molar-refractivity contribution in [1.82, 2.24) is 4.72 Å². The lowest BCUT2D eigenvalue weighted by Gasteiger charge is -2.47. The Hall–Kier alpha value is -0.660. The Morgan fingerprint density at radius 3 is 2.90 bits per heavy atom. The van der Waals surface area contributed by atoms with Gasteiger partial charge in [0.25, 0.3) is 0 Å². The summed E-state index contributed by atoms with van der Waals surface area (Å²) >= 11 is 5.99. The third-order valence-corrected chi connectivity index (χ3v) is 6.26. The first-order valence-electron chi connectivity index (χ1n) is 6.92. The lowest BCUT2D eigenvalue weighted by Crippen LogP contribution is -2.62. The molecule has 7 heteroatoms. The minimum atomic E-state index is -3.63. The molecule has 1 aliphatic heterocycles. The molecule has 0 amide bonds. The molecule has 21 heavy (non-hydrogen) atoms.